The van der Waals surface area contributed by atoms with Crippen LogP contribution in [-0.4, -0.2) is 50.7 Å². The van der Waals surface area contributed by atoms with Gasteiger partial charge in [0.25, 0.3) is 5.91 Å². The van der Waals surface area contributed by atoms with Gasteiger partial charge in [0.05, 0.1) is 27.6 Å². The molecular weight excluding hydrogens is 446 g/mol. The van der Waals surface area contributed by atoms with Crippen molar-refractivity contribution in [3.63, 3.8) is 0 Å². The fourth-order valence-corrected chi connectivity index (χ4v) is 6.99. The summed E-state index contributed by atoms with van der Waals surface area (Å²) >= 11 is 0. The quantitative estimate of drug-likeness (QED) is 0.351. The van der Waals surface area contributed by atoms with Gasteiger partial charge in [0, 0.05) is 35.2 Å². The predicted octanol–water partition coefficient (Wildman–Crippen LogP) is 3.10. The molecule has 3 aliphatic heterocycles. The Bertz CT molecular complexity index is 1770. The number of carbonyl (C=O) groups is 1. The molecule has 5 heterocycles. The summed E-state index contributed by atoms with van der Waals surface area (Å²) in [7, 11) is 1.53. The van der Waals surface area contributed by atoms with Gasteiger partial charge in [-0.2, -0.15) is 0 Å². The molecular formula is C27H23N3O5. The Morgan fingerprint density at radius 3 is 2.43 bits per heavy atom. The molecule has 176 valence electrons. The Labute approximate surface area is 199 Å². The molecule has 5 unspecified atom stereocenters. The Morgan fingerprint density at radius 2 is 1.69 bits per heavy atom. The van der Waals surface area contributed by atoms with E-state index in [1.54, 1.807) is 0 Å². The van der Waals surface area contributed by atoms with Gasteiger partial charge in [-0.1, -0.05) is 36.4 Å². The second kappa shape index (κ2) is 6.22. The maximum atomic E-state index is 13.3. The highest BCUT2D eigenvalue weighted by molar-refractivity contribution is 6.31. The summed E-state index contributed by atoms with van der Waals surface area (Å²) in [6.07, 6.45) is -4.14. The molecule has 1 fully saturated rings. The van der Waals surface area contributed by atoms with Gasteiger partial charge >= 0.3 is 0 Å². The van der Waals surface area contributed by atoms with Gasteiger partial charge in [-0.25, -0.2) is 0 Å². The monoisotopic (exact) mass is 469 g/mol. The van der Waals surface area contributed by atoms with Gasteiger partial charge in [-0.05, 0) is 24.6 Å². The van der Waals surface area contributed by atoms with Crippen LogP contribution >= 0.6 is 0 Å². The summed E-state index contributed by atoms with van der Waals surface area (Å²) in [6, 6.07) is 15.9. The van der Waals surface area contributed by atoms with Crippen LogP contribution in [0.5, 0.6) is 0 Å². The number of ether oxygens (including phenoxy) is 2. The van der Waals surface area contributed by atoms with Gasteiger partial charge < -0.3 is 34.1 Å². The Hall–Kier alpha value is -3.43. The van der Waals surface area contributed by atoms with Crippen LogP contribution in [0.25, 0.3) is 43.6 Å². The number of amides is 1. The first-order valence-electron chi connectivity index (χ1n) is 11.8. The first-order chi connectivity index (χ1) is 17.0. The molecule has 0 spiro atoms. The summed E-state index contributed by atoms with van der Waals surface area (Å²) in [5.41, 5.74) is 4.01. The third-order valence-corrected chi connectivity index (χ3v) is 8.31. The number of carbonyl (C=O) groups excluding carboxylic acids is 1. The van der Waals surface area contributed by atoms with Gasteiger partial charge in [-0.15, -0.1) is 0 Å². The molecule has 5 aromatic rings. The van der Waals surface area contributed by atoms with Crippen molar-refractivity contribution in [2.24, 2.45) is 0 Å². The van der Waals surface area contributed by atoms with E-state index in [-0.39, 0.29) is 5.91 Å². The molecule has 1 amide bonds. The molecule has 2 aromatic heterocycles. The number of aliphatic hydroxyl groups is 2. The van der Waals surface area contributed by atoms with Crippen LogP contribution in [0.1, 0.15) is 29.1 Å². The number of methoxy groups -OCH3 is 1. The molecule has 5 atom stereocenters. The lowest BCUT2D eigenvalue weighted by molar-refractivity contribution is -0.314. The van der Waals surface area contributed by atoms with Crippen LogP contribution in [0.4, 0.5) is 0 Å². The van der Waals surface area contributed by atoms with Gasteiger partial charge in [0.15, 0.2) is 12.0 Å². The SMILES string of the molecule is COC1C(O)C(O)C2OC1(C)n1c3ccccc3c3c4c(c5c6ccccc6n2c5c31)C(=O)NC4. The number of nitrogens with one attached hydrogen (secondary N) is 1. The van der Waals surface area contributed by atoms with Gasteiger partial charge in [0.2, 0.25) is 0 Å². The number of para-hydroxylation sites is 2. The predicted molar refractivity (Wildman–Crippen MR) is 130 cm³/mol. The van der Waals surface area contributed by atoms with E-state index in [9.17, 15) is 15.0 Å². The number of rotatable bonds is 1. The Kier molecular flexibility index (Phi) is 3.52. The molecule has 35 heavy (non-hydrogen) atoms. The third-order valence-electron chi connectivity index (χ3n) is 8.31. The minimum absolute atomic E-state index is 0.101. The Balaban J connectivity index is 1.75. The largest absolute Gasteiger partial charge is 0.387 e. The number of fused-ring (bicyclic) bond motifs is 13. The molecule has 0 aliphatic carbocycles. The molecule has 8 heteroatoms. The van der Waals surface area contributed by atoms with Crippen LogP contribution in [0.2, 0.25) is 0 Å². The highest BCUT2D eigenvalue weighted by Crippen LogP contribution is 2.53. The average Bonchev–Trinajstić information content (AvgIpc) is 3.49. The van der Waals surface area contributed by atoms with Crippen LogP contribution in [0.15, 0.2) is 48.5 Å². The van der Waals surface area contributed by atoms with E-state index < -0.39 is 30.3 Å². The normalized spacial score (nSPS) is 29.4. The number of nitrogens with zero attached hydrogens (tertiary/aromatic N) is 2. The van der Waals surface area contributed by atoms with Crippen molar-refractivity contribution in [2.75, 3.05) is 7.11 Å². The van der Waals surface area contributed by atoms with E-state index in [2.05, 4.69) is 16.0 Å². The van der Waals surface area contributed by atoms with Crippen molar-refractivity contribution in [3.05, 3.63) is 59.7 Å². The second-order valence-electron chi connectivity index (χ2n) is 9.92. The van der Waals surface area contributed by atoms with E-state index in [4.69, 9.17) is 9.47 Å². The third kappa shape index (κ3) is 2.04. The summed E-state index contributed by atoms with van der Waals surface area (Å²) < 4.78 is 16.7. The topological polar surface area (TPSA) is 97.9 Å². The molecule has 0 saturated carbocycles. The van der Waals surface area contributed by atoms with E-state index in [0.717, 1.165) is 49.2 Å². The molecule has 1 saturated heterocycles. The molecule has 8 rings (SSSR count). The highest BCUT2D eigenvalue weighted by Gasteiger charge is 2.56. The maximum Gasteiger partial charge on any atom is 0.252 e. The fraction of sp³-hybridized carbons (Fsp3) is 0.296. The lowest BCUT2D eigenvalue weighted by Gasteiger charge is -2.48. The van der Waals surface area contributed by atoms with Gasteiger partial charge in [-0.3, -0.25) is 4.79 Å². The van der Waals surface area contributed by atoms with E-state index in [0.29, 0.717) is 12.1 Å². The zero-order valence-corrected chi connectivity index (χ0v) is 19.1. The van der Waals surface area contributed by atoms with Crippen molar-refractivity contribution >= 4 is 49.5 Å². The van der Waals surface area contributed by atoms with Crippen molar-refractivity contribution in [3.8, 4) is 0 Å². The first kappa shape index (κ1) is 19.8. The summed E-state index contributed by atoms with van der Waals surface area (Å²) in [4.78, 5) is 13.3. The number of aliphatic hydroxyl groups excluding tert-OH is 2. The van der Waals surface area contributed by atoms with Crippen LogP contribution < -0.4 is 5.32 Å². The van der Waals surface area contributed by atoms with E-state index in [1.165, 1.54) is 7.11 Å². The summed E-state index contributed by atoms with van der Waals surface area (Å²) in [5, 5.41) is 29.4. The fourth-order valence-electron chi connectivity index (χ4n) is 6.99. The lowest BCUT2D eigenvalue weighted by Crippen LogP contribution is -2.62. The zero-order valence-electron chi connectivity index (χ0n) is 19.1. The Morgan fingerprint density at radius 1 is 1.00 bits per heavy atom. The molecule has 2 bridgehead atoms. The molecule has 8 nitrogen and oxygen atoms in total. The average molecular weight is 469 g/mol. The van der Waals surface area contributed by atoms with Crippen molar-refractivity contribution in [1.82, 2.24) is 14.5 Å². The minimum Gasteiger partial charge on any atom is -0.387 e. The minimum atomic E-state index is -1.24. The summed E-state index contributed by atoms with van der Waals surface area (Å²) in [6.45, 7) is 2.35. The van der Waals surface area contributed by atoms with Crippen molar-refractivity contribution < 1.29 is 24.5 Å². The van der Waals surface area contributed by atoms with Crippen molar-refractivity contribution in [1.29, 1.82) is 0 Å². The molecule has 3 aliphatic rings. The molecule has 3 N–H and O–H groups in total. The van der Waals surface area contributed by atoms with Crippen LogP contribution in [0.3, 0.4) is 0 Å². The number of hydrogen-bond acceptors (Lipinski definition) is 5. The zero-order chi connectivity index (χ0) is 23.8. The second-order valence-corrected chi connectivity index (χ2v) is 9.92. The number of aromatic nitrogens is 2. The van der Waals surface area contributed by atoms with Crippen LogP contribution in [-0.2, 0) is 21.7 Å². The number of benzene rings is 3. The smallest absolute Gasteiger partial charge is 0.252 e. The molecule has 0 radical (unpaired) electrons. The maximum absolute atomic E-state index is 13.3. The van der Waals surface area contributed by atoms with Crippen molar-refractivity contribution in [2.45, 2.75) is 43.7 Å². The first-order valence-corrected chi connectivity index (χ1v) is 11.8. The van der Waals surface area contributed by atoms with Gasteiger partial charge in [0.1, 0.15) is 18.3 Å². The standard InChI is InChI=1S/C27H23N3O5/c1-27-24(34-2)22(31)23(32)26(35-27)29-15-9-5-3-7-12(15)18-19-14(11-28-25(19)33)17-13-8-4-6-10-16(13)30(27)21(17)20(18)29/h3-10,22-24,26,31-32H,11H2,1-2H3,(H,28,33). The van der Waals surface area contributed by atoms with E-state index >= 15 is 0 Å². The van der Waals surface area contributed by atoms with E-state index in [1.807, 2.05) is 54.0 Å². The molecule has 3 aromatic carbocycles. The number of hydrogen-bond donors (Lipinski definition) is 3. The van der Waals surface area contributed by atoms with Crippen LogP contribution in [0, 0.1) is 0 Å². The highest BCUT2D eigenvalue weighted by atomic mass is 16.6. The summed E-state index contributed by atoms with van der Waals surface area (Å²) in [5.74, 6) is -0.101. The lowest BCUT2D eigenvalue weighted by atomic mass is 9.93.